The third kappa shape index (κ3) is 5.01. The molecule has 5 nitrogen and oxygen atoms in total. The highest BCUT2D eigenvalue weighted by Crippen LogP contribution is 2.15. The minimum absolute atomic E-state index is 0.0701. The molecule has 1 fully saturated rings. The fraction of sp³-hybridized carbons (Fsp3) is 0.625. The van der Waals surface area contributed by atoms with Crippen LogP contribution in [0.1, 0.15) is 38.7 Å². The lowest BCUT2D eigenvalue weighted by Crippen LogP contribution is -2.49. The fourth-order valence-corrected chi connectivity index (χ4v) is 2.49. The van der Waals surface area contributed by atoms with Crippen LogP contribution >= 0.6 is 0 Å². The van der Waals surface area contributed by atoms with Crippen LogP contribution in [0.2, 0.25) is 0 Å². The van der Waals surface area contributed by atoms with Gasteiger partial charge in [0, 0.05) is 24.2 Å². The van der Waals surface area contributed by atoms with E-state index in [9.17, 15) is 4.79 Å². The summed E-state index contributed by atoms with van der Waals surface area (Å²) >= 11 is 0. The van der Waals surface area contributed by atoms with Crippen molar-refractivity contribution >= 4 is 5.91 Å². The van der Waals surface area contributed by atoms with Gasteiger partial charge in [0.1, 0.15) is 6.61 Å². The van der Waals surface area contributed by atoms with Gasteiger partial charge in [0.15, 0.2) is 0 Å². The van der Waals surface area contributed by atoms with Crippen molar-refractivity contribution in [3.8, 4) is 5.88 Å². The van der Waals surface area contributed by atoms with Crippen LogP contribution in [0.3, 0.4) is 0 Å². The van der Waals surface area contributed by atoms with Gasteiger partial charge < -0.3 is 15.4 Å². The first kappa shape index (κ1) is 15.8. The maximum atomic E-state index is 12.1. The Balaban J connectivity index is 1.80. The van der Waals surface area contributed by atoms with Gasteiger partial charge in [-0.2, -0.15) is 0 Å². The van der Waals surface area contributed by atoms with Gasteiger partial charge in [0.2, 0.25) is 11.8 Å². The summed E-state index contributed by atoms with van der Waals surface area (Å²) < 4.78 is 5.73. The van der Waals surface area contributed by atoms with E-state index < -0.39 is 5.54 Å². The second kappa shape index (κ2) is 6.89. The van der Waals surface area contributed by atoms with Crippen LogP contribution in [0.25, 0.3) is 0 Å². The number of nitrogens with one attached hydrogen (secondary N) is 2. The van der Waals surface area contributed by atoms with Gasteiger partial charge in [-0.3, -0.25) is 4.79 Å². The first-order chi connectivity index (χ1) is 9.96. The number of amides is 1. The zero-order valence-corrected chi connectivity index (χ0v) is 13.1. The highest BCUT2D eigenvalue weighted by Gasteiger charge is 2.24. The Kier molecular flexibility index (Phi) is 5.17. The summed E-state index contributed by atoms with van der Waals surface area (Å²) in [5, 5.41) is 6.38. The fourth-order valence-electron chi connectivity index (χ4n) is 2.49. The highest BCUT2D eigenvalue weighted by atomic mass is 16.5. The minimum atomic E-state index is -0.417. The summed E-state index contributed by atoms with van der Waals surface area (Å²) in [5.74, 6) is 0.693. The Morgan fingerprint density at radius 2 is 2.38 bits per heavy atom. The quantitative estimate of drug-likeness (QED) is 0.839. The smallest absolute Gasteiger partial charge is 0.222 e. The topological polar surface area (TPSA) is 63.2 Å². The number of aryl methyl sites for hydroxylation is 1. The van der Waals surface area contributed by atoms with Crippen LogP contribution in [0.5, 0.6) is 5.88 Å². The van der Waals surface area contributed by atoms with Gasteiger partial charge >= 0.3 is 0 Å². The zero-order valence-electron chi connectivity index (χ0n) is 13.1. The number of hydrogen-bond acceptors (Lipinski definition) is 4. The standard InChI is InChI=1S/C16H25N3O2/c1-12-6-4-9-18-15(12)21-11-16(2,3)19-14(20)10-13-7-5-8-17-13/h4,6,9,13,17H,5,7-8,10-11H2,1-3H3,(H,19,20)/t13-/m0/s1. The summed E-state index contributed by atoms with van der Waals surface area (Å²) in [4.78, 5) is 16.3. The van der Waals surface area contributed by atoms with Crippen molar-refractivity contribution in [2.24, 2.45) is 0 Å². The first-order valence-corrected chi connectivity index (χ1v) is 7.55. The Morgan fingerprint density at radius 1 is 1.57 bits per heavy atom. The molecule has 0 bridgehead atoms. The lowest BCUT2D eigenvalue weighted by atomic mass is 10.1. The van der Waals surface area contributed by atoms with Gasteiger partial charge in [-0.15, -0.1) is 0 Å². The Hall–Kier alpha value is -1.62. The summed E-state index contributed by atoms with van der Waals surface area (Å²) in [6.07, 6.45) is 4.48. The molecule has 1 saturated heterocycles. The van der Waals surface area contributed by atoms with Crippen molar-refractivity contribution in [2.75, 3.05) is 13.2 Å². The van der Waals surface area contributed by atoms with Crippen molar-refractivity contribution in [3.63, 3.8) is 0 Å². The molecule has 0 saturated carbocycles. The monoisotopic (exact) mass is 291 g/mol. The number of ether oxygens (including phenoxy) is 1. The van der Waals surface area contributed by atoms with E-state index in [1.165, 1.54) is 0 Å². The van der Waals surface area contributed by atoms with Gasteiger partial charge in [-0.25, -0.2) is 4.98 Å². The van der Waals surface area contributed by atoms with Crippen LogP contribution in [0.4, 0.5) is 0 Å². The van der Waals surface area contributed by atoms with Crippen molar-refractivity contribution in [1.82, 2.24) is 15.6 Å². The van der Waals surface area contributed by atoms with E-state index in [1.54, 1.807) is 6.20 Å². The van der Waals surface area contributed by atoms with Crippen LogP contribution in [0.15, 0.2) is 18.3 Å². The number of aromatic nitrogens is 1. The number of carbonyl (C=O) groups is 1. The SMILES string of the molecule is Cc1cccnc1OCC(C)(C)NC(=O)C[C@@H]1CCCN1. The molecule has 1 aromatic rings. The van der Waals surface area contributed by atoms with Crippen molar-refractivity contribution < 1.29 is 9.53 Å². The molecule has 5 heteroatoms. The molecule has 0 spiro atoms. The number of nitrogens with zero attached hydrogens (tertiary/aromatic N) is 1. The van der Waals surface area contributed by atoms with E-state index in [1.807, 2.05) is 32.9 Å². The second-order valence-corrected chi connectivity index (χ2v) is 6.34. The third-order valence-corrected chi connectivity index (χ3v) is 3.60. The molecule has 0 radical (unpaired) electrons. The van der Waals surface area contributed by atoms with Gasteiger partial charge in [0.05, 0.1) is 5.54 Å². The molecule has 1 amide bonds. The second-order valence-electron chi connectivity index (χ2n) is 6.34. The van der Waals surface area contributed by atoms with Gasteiger partial charge in [-0.1, -0.05) is 6.07 Å². The lowest BCUT2D eigenvalue weighted by Gasteiger charge is -2.27. The Labute approximate surface area is 126 Å². The van der Waals surface area contributed by atoms with Crippen molar-refractivity contribution in [3.05, 3.63) is 23.9 Å². The van der Waals surface area contributed by atoms with Gasteiger partial charge in [0.25, 0.3) is 0 Å². The van der Waals surface area contributed by atoms with Crippen LogP contribution in [-0.2, 0) is 4.79 Å². The van der Waals surface area contributed by atoms with E-state index >= 15 is 0 Å². The molecular weight excluding hydrogens is 266 g/mol. The summed E-state index contributed by atoms with van der Waals surface area (Å²) in [7, 11) is 0. The molecule has 0 aliphatic carbocycles. The van der Waals surface area contributed by atoms with E-state index in [4.69, 9.17) is 4.74 Å². The predicted molar refractivity (Wildman–Crippen MR) is 82.3 cm³/mol. The first-order valence-electron chi connectivity index (χ1n) is 7.55. The average molecular weight is 291 g/mol. The third-order valence-electron chi connectivity index (χ3n) is 3.60. The maximum absolute atomic E-state index is 12.1. The van der Waals surface area contributed by atoms with E-state index in [0.29, 0.717) is 24.9 Å². The summed E-state index contributed by atoms with van der Waals surface area (Å²) in [6, 6.07) is 4.16. The molecule has 2 rings (SSSR count). The number of carbonyl (C=O) groups excluding carboxylic acids is 1. The number of rotatable bonds is 6. The number of hydrogen-bond donors (Lipinski definition) is 2. The summed E-state index contributed by atoms with van der Waals surface area (Å²) in [6.45, 7) is 7.30. The normalized spacial score (nSPS) is 18.5. The lowest BCUT2D eigenvalue weighted by molar-refractivity contribution is -0.123. The van der Waals surface area contributed by atoms with Crippen LogP contribution in [-0.4, -0.2) is 35.6 Å². The molecule has 1 atom stereocenters. The van der Waals surface area contributed by atoms with E-state index in [2.05, 4.69) is 15.6 Å². The molecule has 1 aliphatic rings. The van der Waals surface area contributed by atoms with Gasteiger partial charge in [-0.05, 0) is 46.2 Å². The summed E-state index contributed by atoms with van der Waals surface area (Å²) in [5.41, 5.74) is 0.578. The van der Waals surface area contributed by atoms with E-state index in [-0.39, 0.29) is 5.91 Å². The predicted octanol–water partition coefficient (Wildman–Crippen LogP) is 1.81. The average Bonchev–Trinajstić information content (AvgIpc) is 2.90. The molecule has 0 aromatic carbocycles. The molecular formula is C16H25N3O2. The Morgan fingerprint density at radius 3 is 3.05 bits per heavy atom. The maximum Gasteiger partial charge on any atom is 0.222 e. The number of pyridine rings is 1. The van der Waals surface area contributed by atoms with Crippen LogP contribution in [0, 0.1) is 6.92 Å². The molecule has 0 unspecified atom stereocenters. The van der Waals surface area contributed by atoms with Crippen molar-refractivity contribution in [2.45, 2.75) is 51.6 Å². The molecule has 116 valence electrons. The van der Waals surface area contributed by atoms with E-state index in [0.717, 1.165) is 24.9 Å². The van der Waals surface area contributed by atoms with Crippen molar-refractivity contribution in [1.29, 1.82) is 0 Å². The minimum Gasteiger partial charge on any atom is -0.475 e. The molecule has 1 aliphatic heterocycles. The highest BCUT2D eigenvalue weighted by molar-refractivity contribution is 5.77. The molecule has 2 N–H and O–H groups in total. The zero-order chi connectivity index (χ0) is 15.3. The molecule has 2 heterocycles. The van der Waals surface area contributed by atoms with Crippen LogP contribution < -0.4 is 15.4 Å². The Bertz CT molecular complexity index is 482. The largest absolute Gasteiger partial charge is 0.475 e. The molecule has 1 aromatic heterocycles. The molecule has 21 heavy (non-hydrogen) atoms.